The van der Waals surface area contributed by atoms with Gasteiger partial charge >= 0.3 is 0 Å². The van der Waals surface area contributed by atoms with E-state index in [2.05, 4.69) is 0 Å². The zero-order valence-electron chi connectivity index (χ0n) is 11.4. The lowest BCUT2D eigenvalue weighted by Gasteiger charge is -2.19. The zero-order valence-corrected chi connectivity index (χ0v) is 11.4. The van der Waals surface area contributed by atoms with Gasteiger partial charge in [-0.25, -0.2) is 0 Å². The number of ether oxygens (including phenoxy) is 1. The summed E-state index contributed by atoms with van der Waals surface area (Å²) in [6.45, 7) is 10.6. The van der Waals surface area contributed by atoms with Crippen molar-refractivity contribution in [1.29, 1.82) is 0 Å². The number of carbonyl (C=O) groups is 1. The van der Waals surface area contributed by atoms with Gasteiger partial charge in [0.1, 0.15) is 6.10 Å². The Balaban J connectivity index is 2.97. The van der Waals surface area contributed by atoms with Gasteiger partial charge in [-0.3, -0.25) is 4.79 Å². The van der Waals surface area contributed by atoms with E-state index in [1.807, 2.05) is 52.8 Å². The maximum absolute atomic E-state index is 12.3. The molecule has 0 fully saturated rings. The minimum Gasteiger partial charge on any atom is -0.370 e. The quantitative estimate of drug-likeness (QED) is 0.728. The van der Waals surface area contributed by atoms with E-state index in [1.54, 1.807) is 0 Å². The van der Waals surface area contributed by atoms with E-state index in [0.29, 0.717) is 6.61 Å². The molecule has 0 N–H and O–H groups in total. The van der Waals surface area contributed by atoms with Crippen molar-refractivity contribution in [2.75, 3.05) is 6.61 Å². The summed E-state index contributed by atoms with van der Waals surface area (Å²) in [6, 6.07) is 5.83. The topological polar surface area (TPSA) is 26.3 Å². The second-order valence-electron chi connectivity index (χ2n) is 4.78. The number of ketones is 1. The molecule has 0 heterocycles. The van der Waals surface area contributed by atoms with Crippen molar-refractivity contribution in [3.8, 4) is 0 Å². The molecule has 0 bridgehead atoms. The standard InChI is InChI=1S/C15H22O2/c1-6-17-15(10(2)3)14(16)13-8-7-11(4)12(5)9-13/h7-10,15H,6H2,1-5H3. The van der Waals surface area contributed by atoms with Gasteiger partial charge in [0, 0.05) is 12.2 Å². The molecule has 0 radical (unpaired) electrons. The van der Waals surface area contributed by atoms with Crippen molar-refractivity contribution in [2.24, 2.45) is 5.92 Å². The highest BCUT2D eigenvalue weighted by Crippen LogP contribution is 2.17. The van der Waals surface area contributed by atoms with Crippen molar-refractivity contribution < 1.29 is 9.53 Å². The van der Waals surface area contributed by atoms with E-state index in [-0.39, 0.29) is 17.8 Å². The van der Waals surface area contributed by atoms with Crippen LogP contribution in [0.5, 0.6) is 0 Å². The van der Waals surface area contributed by atoms with Gasteiger partial charge in [0.05, 0.1) is 0 Å². The van der Waals surface area contributed by atoms with E-state index in [1.165, 1.54) is 5.56 Å². The number of benzene rings is 1. The van der Waals surface area contributed by atoms with Gasteiger partial charge in [0.2, 0.25) is 0 Å². The van der Waals surface area contributed by atoms with Crippen LogP contribution in [0.4, 0.5) is 0 Å². The van der Waals surface area contributed by atoms with Gasteiger partial charge in [0.15, 0.2) is 5.78 Å². The predicted molar refractivity (Wildman–Crippen MR) is 70.5 cm³/mol. The molecule has 0 saturated carbocycles. The molecule has 94 valence electrons. The van der Waals surface area contributed by atoms with E-state index in [4.69, 9.17) is 4.74 Å². The first-order chi connectivity index (χ1) is 7.97. The summed E-state index contributed by atoms with van der Waals surface area (Å²) in [5.41, 5.74) is 3.11. The van der Waals surface area contributed by atoms with Crippen LogP contribution in [-0.2, 0) is 4.74 Å². The number of hydrogen-bond acceptors (Lipinski definition) is 2. The first-order valence-electron chi connectivity index (χ1n) is 6.20. The van der Waals surface area contributed by atoms with Gasteiger partial charge in [-0.1, -0.05) is 26.0 Å². The second kappa shape index (κ2) is 5.97. The van der Waals surface area contributed by atoms with E-state index in [9.17, 15) is 4.79 Å². The molecule has 2 heteroatoms. The third-order valence-corrected chi connectivity index (χ3v) is 3.00. The van der Waals surface area contributed by atoms with Crippen molar-refractivity contribution in [2.45, 2.75) is 40.7 Å². The average Bonchev–Trinajstić information content (AvgIpc) is 2.28. The molecule has 0 aliphatic rings. The molecule has 1 aromatic carbocycles. The molecule has 0 aromatic heterocycles. The first-order valence-corrected chi connectivity index (χ1v) is 6.20. The summed E-state index contributed by atoms with van der Waals surface area (Å²) < 4.78 is 5.54. The molecule has 17 heavy (non-hydrogen) atoms. The Morgan fingerprint density at radius 1 is 1.24 bits per heavy atom. The fourth-order valence-corrected chi connectivity index (χ4v) is 1.81. The van der Waals surface area contributed by atoms with E-state index >= 15 is 0 Å². The van der Waals surface area contributed by atoms with Crippen LogP contribution in [0.1, 0.15) is 42.3 Å². The van der Waals surface area contributed by atoms with Crippen LogP contribution in [0.25, 0.3) is 0 Å². The molecule has 1 aromatic rings. The predicted octanol–water partition coefficient (Wildman–Crippen LogP) is 3.55. The molecule has 0 amide bonds. The van der Waals surface area contributed by atoms with E-state index in [0.717, 1.165) is 11.1 Å². The number of Topliss-reactive ketones (excluding diaryl/α,β-unsaturated/α-hetero) is 1. The highest BCUT2D eigenvalue weighted by atomic mass is 16.5. The van der Waals surface area contributed by atoms with Gasteiger partial charge in [-0.05, 0) is 43.9 Å². The largest absolute Gasteiger partial charge is 0.370 e. The number of carbonyl (C=O) groups excluding carboxylic acids is 1. The van der Waals surface area contributed by atoms with Crippen molar-refractivity contribution in [1.82, 2.24) is 0 Å². The number of rotatable bonds is 5. The second-order valence-corrected chi connectivity index (χ2v) is 4.78. The van der Waals surface area contributed by atoms with Crippen LogP contribution in [-0.4, -0.2) is 18.5 Å². The highest BCUT2D eigenvalue weighted by Gasteiger charge is 2.23. The SMILES string of the molecule is CCOC(C(=O)c1ccc(C)c(C)c1)C(C)C. The molecule has 0 aliphatic carbocycles. The molecule has 0 spiro atoms. The molecular formula is C15H22O2. The third kappa shape index (κ3) is 3.40. The average molecular weight is 234 g/mol. The monoisotopic (exact) mass is 234 g/mol. The lowest BCUT2D eigenvalue weighted by molar-refractivity contribution is 0.0279. The molecular weight excluding hydrogens is 212 g/mol. The Morgan fingerprint density at radius 3 is 2.35 bits per heavy atom. The van der Waals surface area contributed by atoms with Gasteiger partial charge < -0.3 is 4.74 Å². The summed E-state index contributed by atoms with van der Waals surface area (Å²) in [5.74, 6) is 0.286. The fourth-order valence-electron chi connectivity index (χ4n) is 1.81. The Morgan fingerprint density at radius 2 is 1.88 bits per heavy atom. The zero-order chi connectivity index (χ0) is 13.0. The normalized spacial score (nSPS) is 12.8. The molecule has 0 saturated heterocycles. The minimum atomic E-state index is -0.331. The fraction of sp³-hybridized carbons (Fsp3) is 0.533. The highest BCUT2D eigenvalue weighted by molar-refractivity contribution is 5.99. The van der Waals surface area contributed by atoms with Crippen LogP contribution in [0.3, 0.4) is 0 Å². The molecule has 0 aliphatic heterocycles. The summed E-state index contributed by atoms with van der Waals surface area (Å²) in [5, 5.41) is 0. The molecule has 1 atom stereocenters. The summed E-state index contributed by atoms with van der Waals surface area (Å²) >= 11 is 0. The van der Waals surface area contributed by atoms with Crippen LogP contribution in [0.15, 0.2) is 18.2 Å². The van der Waals surface area contributed by atoms with Crippen LogP contribution < -0.4 is 0 Å². The smallest absolute Gasteiger partial charge is 0.191 e. The first kappa shape index (κ1) is 13.9. The maximum atomic E-state index is 12.3. The van der Waals surface area contributed by atoms with Crippen molar-refractivity contribution >= 4 is 5.78 Å². The summed E-state index contributed by atoms with van der Waals surface area (Å²) in [4.78, 5) is 12.3. The van der Waals surface area contributed by atoms with Crippen molar-refractivity contribution in [3.63, 3.8) is 0 Å². The summed E-state index contributed by atoms with van der Waals surface area (Å²) in [6.07, 6.45) is -0.331. The Kier molecular flexibility index (Phi) is 4.88. The van der Waals surface area contributed by atoms with Crippen LogP contribution in [0, 0.1) is 19.8 Å². The molecule has 1 rings (SSSR count). The maximum Gasteiger partial charge on any atom is 0.191 e. The lowest BCUT2D eigenvalue weighted by Crippen LogP contribution is -2.30. The van der Waals surface area contributed by atoms with E-state index < -0.39 is 0 Å². The Hall–Kier alpha value is -1.15. The summed E-state index contributed by atoms with van der Waals surface area (Å²) in [7, 11) is 0. The third-order valence-electron chi connectivity index (χ3n) is 3.00. The molecule has 1 unspecified atom stereocenters. The number of aryl methyl sites for hydroxylation is 2. The van der Waals surface area contributed by atoms with Crippen LogP contribution in [0.2, 0.25) is 0 Å². The van der Waals surface area contributed by atoms with Gasteiger partial charge in [-0.2, -0.15) is 0 Å². The molecule has 2 nitrogen and oxygen atoms in total. The van der Waals surface area contributed by atoms with Crippen LogP contribution >= 0.6 is 0 Å². The van der Waals surface area contributed by atoms with Gasteiger partial charge in [-0.15, -0.1) is 0 Å². The van der Waals surface area contributed by atoms with Gasteiger partial charge in [0.25, 0.3) is 0 Å². The Bertz CT molecular complexity index is 394. The minimum absolute atomic E-state index is 0.0879. The Labute approximate surface area is 104 Å². The van der Waals surface area contributed by atoms with Crippen molar-refractivity contribution in [3.05, 3.63) is 34.9 Å². The number of hydrogen-bond donors (Lipinski definition) is 0. The lowest BCUT2D eigenvalue weighted by atomic mass is 9.95.